The van der Waals surface area contributed by atoms with Gasteiger partial charge in [-0.3, -0.25) is 4.79 Å². The summed E-state index contributed by atoms with van der Waals surface area (Å²) in [6.45, 7) is 3.69. The van der Waals surface area contributed by atoms with Crippen LogP contribution in [0.4, 0.5) is 0 Å². The average Bonchev–Trinajstić information content (AvgIpc) is 2.04. The molecular weight excluding hydrogens is 186 g/mol. The average molecular weight is 207 g/mol. The van der Waals surface area contributed by atoms with Crippen molar-refractivity contribution in [3.05, 3.63) is 0 Å². The van der Waals surface area contributed by atoms with Gasteiger partial charge in [0.05, 0.1) is 18.6 Å². The molecule has 2 unspecified atom stereocenters. The van der Waals surface area contributed by atoms with E-state index in [-0.39, 0.29) is 12.5 Å². The van der Waals surface area contributed by atoms with E-state index in [0.29, 0.717) is 6.54 Å². The molecule has 0 spiro atoms. The first kappa shape index (κ1) is 15.8. The predicted molar refractivity (Wildman–Crippen MR) is 54.1 cm³/mol. The van der Waals surface area contributed by atoms with Crippen LogP contribution in [0.15, 0.2) is 0 Å². The molecule has 0 rings (SSSR count). The molecule has 0 aliphatic heterocycles. The van der Waals surface area contributed by atoms with Crippen molar-refractivity contribution in [2.24, 2.45) is 5.92 Å². The Labute approximate surface area is 85.0 Å². The molecule has 0 amide bonds. The molecule has 86 valence electrons. The lowest BCUT2D eigenvalue weighted by Crippen LogP contribution is -2.25. The topological polar surface area (TPSA) is 81.0 Å². The third kappa shape index (κ3) is 13.9. The second-order valence-corrected chi connectivity index (χ2v) is 3.53. The van der Waals surface area contributed by atoms with Gasteiger partial charge in [-0.25, -0.2) is 0 Å². The predicted octanol–water partition coefficient (Wildman–Crippen LogP) is -0.372. The first-order valence-electron chi connectivity index (χ1n) is 4.47. The minimum absolute atomic E-state index is 0.139. The summed E-state index contributed by atoms with van der Waals surface area (Å²) in [5.41, 5.74) is 0. The number of nitrogens with zero attached hydrogens (tertiary/aromatic N) is 1. The van der Waals surface area contributed by atoms with E-state index in [9.17, 15) is 4.79 Å². The molecular formula is C9H21NO4. The maximum absolute atomic E-state index is 10.2. The van der Waals surface area contributed by atoms with Crippen LogP contribution in [0.1, 0.15) is 13.8 Å². The van der Waals surface area contributed by atoms with Crippen LogP contribution in [-0.2, 0) is 4.79 Å². The number of carboxylic acids is 1. The van der Waals surface area contributed by atoms with Gasteiger partial charge in [0.2, 0.25) is 0 Å². The van der Waals surface area contributed by atoms with Crippen molar-refractivity contribution in [1.29, 1.82) is 0 Å². The zero-order valence-electron chi connectivity index (χ0n) is 9.27. The van der Waals surface area contributed by atoms with Crippen molar-refractivity contribution < 1.29 is 20.1 Å². The number of aliphatic hydroxyl groups is 2. The summed E-state index contributed by atoms with van der Waals surface area (Å²) in [6, 6.07) is 0. The zero-order chi connectivity index (χ0) is 11.7. The molecule has 0 radical (unpaired) electrons. The van der Waals surface area contributed by atoms with Crippen molar-refractivity contribution in [2.45, 2.75) is 20.0 Å². The van der Waals surface area contributed by atoms with Crippen molar-refractivity contribution in [1.82, 2.24) is 4.90 Å². The quantitative estimate of drug-likeness (QED) is 0.586. The minimum atomic E-state index is -0.733. The summed E-state index contributed by atoms with van der Waals surface area (Å²) in [5, 5.41) is 24.4. The summed E-state index contributed by atoms with van der Waals surface area (Å²) >= 11 is 0. The maximum Gasteiger partial charge on any atom is 0.307 e. The third-order valence-corrected chi connectivity index (χ3v) is 1.32. The number of carboxylic acid groups (broad SMARTS) is 1. The van der Waals surface area contributed by atoms with Gasteiger partial charge in [0.25, 0.3) is 0 Å². The summed E-state index contributed by atoms with van der Waals surface area (Å²) in [6.07, 6.45) is -0.560. The Morgan fingerprint density at radius 1 is 1.36 bits per heavy atom. The van der Waals surface area contributed by atoms with Crippen LogP contribution in [0.25, 0.3) is 0 Å². The van der Waals surface area contributed by atoms with E-state index in [1.165, 1.54) is 6.92 Å². The van der Waals surface area contributed by atoms with E-state index >= 15 is 0 Å². The first-order chi connectivity index (χ1) is 6.31. The lowest BCUT2D eigenvalue weighted by molar-refractivity contribution is -0.141. The zero-order valence-corrected chi connectivity index (χ0v) is 9.27. The molecule has 14 heavy (non-hydrogen) atoms. The van der Waals surface area contributed by atoms with E-state index in [0.717, 1.165) is 0 Å². The van der Waals surface area contributed by atoms with Gasteiger partial charge in [0, 0.05) is 6.54 Å². The molecule has 0 aromatic rings. The van der Waals surface area contributed by atoms with Crippen LogP contribution in [0.2, 0.25) is 0 Å². The minimum Gasteiger partial charge on any atom is -0.481 e. The Kier molecular flexibility index (Phi) is 10.1. The highest BCUT2D eigenvalue weighted by molar-refractivity contribution is 5.69. The highest BCUT2D eigenvalue weighted by atomic mass is 16.4. The summed E-state index contributed by atoms with van der Waals surface area (Å²) in [5.74, 6) is -0.997. The van der Waals surface area contributed by atoms with E-state index in [4.69, 9.17) is 15.3 Å². The van der Waals surface area contributed by atoms with Crippen LogP contribution in [-0.4, -0.2) is 59.5 Å². The van der Waals surface area contributed by atoms with Crippen LogP contribution < -0.4 is 0 Å². The molecule has 3 N–H and O–H groups in total. The monoisotopic (exact) mass is 207 g/mol. The number of hydrogen-bond acceptors (Lipinski definition) is 4. The molecule has 0 saturated heterocycles. The van der Waals surface area contributed by atoms with E-state index in [1.54, 1.807) is 6.92 Å². The summed E-state index contributed by atoms with van der Waals surface area (Å²) in [7, 11) is 3.72. The molecule has 5 nitrogen and oxygen atoms in total. The van der Waals surface area contributed by atoms with Gasteiger partial charge in [-0.05, 0) is 21.0 Å². The Hall–Kier alpha value is -0.650. The molecule has 0 heterocycles. The molecule has 0 aromatic carbocycles. The summed E-state index contributed by atoms with van der Waals surface area (Å²) in [4.78, 5) is 12.1. The fraction of sp³-hybridized carbons (Fsp3) is 0.889. The fourth-order valence-corrected chi connectivity index (χ4v) is 0.626. The van der Waals surface area contributed by atoms with Crippen LogP contribution >= 0.6 is 0 Å². The maximum atomic E-state index is 10.2. The Bertz CT molecular complexity index is 148. The second-order valence-electron chi connectivity index (χ2n) is 3.53. The molecule has 0 bridgehead atoms. The van der Waals surface area contributed by atoms with Gasteiger partial charge in [-0.15, -0.1) is 0 Å². The van der Waals surface area contributed by atoms with Gasteiger partial charge in [-0.1, -0.05) is 6.92 Å². The van der Waals surface area contributed by atoms with Gasteiger partial charge < -0.3 is 20.2 Å². The third-order valence-electron chi connectivity index (χ3n) is 1.32. The molecule has 0 fully saturated rings. The molecule has 0 aliphatic rings. The molecule has 0 aliphatic carbocycles. The standard InChI is InChI=1S/C6H13NO2.C3H8O2/c1-5(6(8)9)4-7(2)3;1-3(5)2-4/h5H,4H2,1-3H3,(H,8,9);3-5H,2H2,1H3. The number of aliphatic hydroxyl groups excluding tert-OH is 2. The normalized spacial score (nSPS) is 14.2. The van der Waals surface area contributed by atoms with Gasteiger partial charge in [0.15, 0.2) is 0 Å². The fourth-order valence-electron chi connectivity index (χ4n) is 0.626. The van der Waals surface area contributed by atoms with Crippen molar-refractivity contribution in [2.75, 3.05) is 27.2 Å². The van der Waals surface area contributed by atoms with Crippen molar-refractivity contribution in [3.8, 4) is 0 Å². The van der Waals surface area contributed by atoms with Crippen LogP contribution in [0.3, 0.4) is 0 Å². The van der Waals surface area contributed by atoms with Crippen LogP contribution in [0.5, 0.6) is 0 Å². The highest BCUT2D eigenvalue weighted by Crippen LogP contribution is 1.94. The lowest BCUT2D eigenvalue weighted by atomic mass is 10.2. The second kappa shape index (κ2) is 8.93. The smallest absolute Gasteiger partial charge is 0.307 e. The SMILES string of the molecule is CC(CN(C)C)C(=O)O.CC(O)CO. The van der Waals surface area contributed by atoms with E-state index in [2.05, 4.69) is 0 Å². The van der Waals surface area contributed by atoms with Gasteiger partial charge in [-0.2, -0.15) is 0 Å². The Morgan fingerprint density at radius 3 is 1.79 bits per heavy atom. The number of rotatable bonds is 4. The number of carbonyl (C=O) groups is 1. The Morgan fingerprint density at radius 2 is 1.71 bits per heavy atom. The van der Waals surface area contributed by atoms with Crippen molar-refractivity contribution in [3.63, 3.8) is 0 Å². The van der Waals surface area contributed by atoms with E-state index < -0.39 is 12.1 Å². The van der Waals surface area contributed by atoms with Crippen molar-refractivity contribution >= 4 is 5.97 Å². The molecule has 0 aromatic heterocycles. The first-order valence-corrected chi connectivity index (χ1v) is 4.47. The molecule has 0 saturated carbocycles. The molecule has 2 atom stereocenters. The Balaban J connectivity index is 0. The lowest BCUT2D eigenvalue weighted by Gasteiger charge is -2.11. The number of hydrogen-bond donors (Lipinski definition) is 3. The van der Waals surface area contributed by atoms with E-state index in [1.807, 2.05) is 19.0 Å². The molecule has 5 heteroatoms. The van der Waals surface area contributed by atoms with Crippen LogP contribution in [0, 0.1) is 5.92 Å². The highest BCUT2D eigenvalue weighted by Gasteiger charge is 2.10. The largest absolute Gasteiger partial charge is 0.481 e. The summed E-state index contributed by atoms with van der Waals surface area (Å²) < 4.78 is 0. The van der Waals surface area contributed by atoms with Gasteiger partial charge >= 0.3 is 5.97 Å². The van der Waals surface area contributed by atoms with Gasteiger partial charge in [0.1, 0.15) is 0 Å². The number of aliphatic carboxylic acids is 1.